The zero-order valence-electron chi connectivity index (χ0n) is 15.8. The standard InChI is InChI=1S/C25H22N2.ClH/c1-19-17-23(20-11-5-2-6-12-20)26-25(22-15-9-4-10-16-22)27-24(18-19)21-13-7-3-8-14-21;/h2-17,23H,18H2,1H3;1H/b19-17+,26-25?,27-24?;. The Labute approximate surface area is 172 Å². The number of rotatable bonds is 3. The maximum atomic E-state index is 5.05. The summed E-state index contributed by atoms with van der Waals surface area (Å²) in [5.41, 5.74) is 5.70. The summed E-state index contributed by atoms with van der Waals surface area (Å²) in [7, 11) is 0. The van der Waals surface area contributed by atoms with Gasteiger partial charge in [-0.05, 0) is 18.1 Å². The van der Waals surface area contributed by atoms with Crippen LogP contribution in [0.2, 0.25) is 0 Å². The fourth-order valence-corrected chi connectivity index (χ4v) is 3.30. The summed E-state index contributed by atoms with van der Waals surface area (Å²) in [6.07, 6.45) is 3.08. The second-order valence-corrected chi connectivity index (χ2v) is 6.79. The van der Waals surface area contributed by atoms with Crippen molar-refractivity contribution in [1.82, 2.24) is 0 Å². The van der Waals surface area contributed by atoms with Gasteiger partial charge in [0.1, 0.15) is 0 Å². The highest BCUT2D eigenvalue weighted by atomic mass is 35.5. The quantitative estimate of drug-likeness (QED) is 0.463. The Morgan fingerprint density at radius 2 is 1.25 bits per heavy atom. The van der Waals surface area contributed by atoms with Crippen LogP contribution in [0.25, 0.3) is 0 Å². The average Bonchev–Trinajstić information content (AvgIpc) is 2.72. The number of aliphatic imine (C=N–C) groups is 2. The molecule has 0 saturated heterocycles. The van der Waals surface area contributed by atoms with Gasteiger partial charge in [-0.25, -0.2) is 4.99 Å². The van der Waals surface area contributed by atoms with Crippen molar-refractivity contribution in [3.63, 3.8) is 0 Å². The lowest BCUT2D eigenvalue weighted by Gasteiger charge is -2.17. The van der Waals surface area contributed by atoms with Crippen LogP contribution in [0.3, 0.4) is 0 Å². The van der Waals surface area contributed by atoms with E-state index in [4.69, 9.17) is 9.98 Å². The monoisotopic (exact) mass is 386 g/mol. The zero-order chi connectivity index (χ0) is 18.5. The van der Waals surface area contributed by atoms with Gasteiger partial charge in [-0.2, -0.15) is 0 Å². The molecule has 1 aliphatic rings. The number of nitrogens with zero attached hydrogens (tertiary/aromatic N) is 2. The summed E-state index contributed by atoms with van der Waals surface area (Å²) in [6.45, 7) is 2.16. The van der Waals surface area contributed by atoms with E-state index < -0.39 is 0 Å². The third kappa shape index (κ3) is 4.65. The highest BCUT2D eigenvalue weighted by molar-refractivity contribution is 6.13. The van der Waals surface area contributed by atoms with Gasteiger partial charge in [0.25, 0.3) is 0 Å². The number of allylic oxidation sites excluding steroid dienone is 1. The first-order chi connectivity index (χ1) is 13.3. The number of benzene rings is 3. The summed E-state index contributed by atoms with van der Waals surface area (Å²) in [5, 5.41) is 0. The lowest BCUT2D eigenvalue weighted by Crippen LogP contribution is -2.12. The Morgan fingerprint density at radius 1 is 0.714 bits per heavy atom. The van der Waals surface area contributed by atoms with Crippen molar-refractivity contribution in [2.24, 2.45) is 9.98 Å². The van der Waals surface area contributed by atoms with Gasteiger partial charge < -0.3 is 0 Å². The van der Waals surface area contributed by atoms with Crippen LogP contribution in [0.1, 0.15) is 36.1 Å². The molecule has 3 aromatic rings. The van der Waals surface area contributed by atoms with Gasteiger partial charge in [-0.1, -0.05) is 103 Å². The largest absolute Gasteiger partial charge is 0.254 e. The van der Waals surface area contributed by atoms with Gasteiger partial charge in [0.15, 0.2) is 5.84 Å². The fourth-order valence-electron chi connectivity index (χ4n) is 3.30. The lowest BCUT2D eigenvalue weighted by molar-refractivity contribution is 0.889. The van der Waals surface area contributed by atoms with Crippen molar-refractivity contribution in [3.8, 4) is 0 Å². The van der Waals surface area contributed by atoms with Crippen LogP contribution in [-0.4, -0.2) is 11.5 Å². The van der Waals surface area contributed by atoms with E-state index in [1.807, 2.05) is 30.3 Å². The molecule has 0 amide bonds. The molecule has 1 atom stereocenters. The van der Waals surface area contributed by atoms with E-state index in [1.54, 1.807) is 0 Å². The van der Waals surface area contributed by atoms with Crippen LogP contribution in [0, 0.1) is 0 Å². The molecular weight excluding hydrogens is 364 g/mol. The molecule has 3 heteroatoms. The zero-order valence-corrected chi connectivity index (χ0v) is 16.6. The normalized spacial score (nSPS) is 18.5. The smallest absolute Gasteiger partial charge is 0.155 e. The molecule has 0 spiro atoms. The molecule has 3 aromatic carbocycles. The summed E-state index contributed by atoms with van der Waals surface area (Å²) in [6, 6.07) is 31.0. The fraction of sp³-hybridized carbons (Fsp3) is 0.120. The topological polar surface area (TPSA) is 24.7 Å². The highest BCUT2D eigenvalue weighted by Gasteiger charge is 2.16. The van der Waals surface area contributed by atoms with Gasteiger partial charge in [0.2, 0.25) is 0 Å². The van der Waals surface area contributed by atoms with Crippen molar-refractivity contribution in [3.05, 3.63) is 119 Å². The van der Waals surface area contributed by atoms with Gasteiger partial charge >= 0.3 is 0 Å². The summed E-state index contributed by atoms with van der Waals surface area (Å²) >= 11 is 0. The molecule has 140 valence electrons. The van der Waals surface area contributed by atoms with Crippen molar-refractivity contribution < 1.29 is 0 Å². The number of halogens is 1. The molecule has 1 unspecified atom stereocenters. The number of hydrogen-bond acceptors (Lipinski definition) is 2. The first kappa shape index (κ1) is 19.8. The van der Waals surface area contributed by atoms with E-state index in [2.05, 4.69) is 73.7 Å². The molecule has 4 rings (SSSR count). The van der Waals surface area contributed by atoms with Gasteiger partial charge in [0.05, 0.1) is 11.8 Å². The lowest BCUT2D eigenvalue weighted by atomic mass is 9.98. The molecule has 0 N–H and O–H groups in total. The van der Waals surface area contributed by atoms with E-state index in [9.17, 15) is 0 Å². The molecule has 0 radical (unpaired) electrons. The molecule has 1 aliphatic heterocycles. The molecule has 0 bridgehead atoms. The van der Waals surface area contributed by atoms with E-state index in [-0.39, 0.29) is 18.4 Å². The maximum absolute atomic E-state index is 5.05. The van der Waals surface area contributed by atoms with Gasteiger partial charge in [-0.15, -0.1) is 12.4 Å². The van der Waals surface area contributed by atoms with Crippen LogP contribution in [0.4, 0.5) is 0 Å². The third-order valence-corrected chi connectivity index (χ3v) is 4.67. The molecule has 0 aromatic heterocycles. The van der Waals surface area contributed by atoms with Crippen molar-refractivity contribution in [2.45, 2.75) is 19.4 Å². The first-order valence-electron chi connectivity index (χ1n) is 9.28. The molecule has 2 nitrogen and oxygen atoms in total. The predicted octanol–water partition coefficient (Wildman–Crippen LogP) is 6.44. The molecule has 0 aliphatic carbocycles. The molecule has 28 heavy (non-hydrogen) atoms. The van der Waals surface area contributed by atoms with Crippen LogP contribution in [-0.2, 0) is 0 Å². The SMILES string of the molecule is C/C1=C\C(c2ccccc2)N=C(c2ccccc2)N=C(c2ccccc2)C1.Cl. The molecule has 0 saturated carbocycles. The minimum absolute atomic E-state index is 0. The van der Waals surface area contributed by atoms with Crippen LogP contribution >= 0.6 is 12.4 Å². The van der Waals surface area contributed by atoms with Gasteiger partial charge in [-0.3, -0.25) is 4.99 Å². The third-order valence-electron chi connectivity index (χ3n) is 4.67. The van der Waals surface area contributed by atoms with Crippen molar-refractivity contribution >= 4 is 24.0 Å². The summed E-state index contributed by atoms with van der Waals surface area (Å²) < 4.78 is 0. The van der Waals surface area contributed by atoms with E-state index in [0.717, 1.165) is 29.1 Å². The number of amidine groups is 1. The first-order valence-corrected chi connectivity index (χ1v) is 9.28. The summed E-state index contributed by atoms with van der Waals surface area (Å²) in [4.78, 5) is 10.1. The second-order valence-electron chi connectivity index (χ2n) is 6.79. The van der Waals surface area contributed by atoms with Crippen molar-refractivity contribution in [1.29, 1.82) is 0 Å². The second kappa shape index (κ2) is 9.29. The van der Waals surface area contributed by atoms with E-state index in [1.165, 1.54) is 11.1 Å². The maximum Gasteiger partial charge on any atom is 0.155 e. The molecule has 1 heterocycles. The Balaban J connectivity index is 0.00000225. The molecular formula is C25H23ClN2. The highest BCUT2D eigenvalue weighted by Crippen LogP contribution is 2.26. The Morgan fingerprint density at radius 3 is 1.86 bits per heavy atom. The van der Waals surface area contributed by atoms with Crippen LogP contribution in [0.5, 0.6) is 0 Å². The average molecular weight is 387 g/mol. The predicted molar refractivity (Wildman–Crippen MR) is 121 cm³/mol. The Kier molecular flexibility index (Phi) is 6.57. The number of hydrogen-bond donors (Lipinski definition) is 0. The minimum Gasteiger partial charge on any atom is -0.254 e. The van der Waals surface area contributed by atoms with Gasteiger partial charge in [0, 0.05) is 12.0 Å². The van der Waals surface area contributed by atoms with Crippen molar-refractivity contribution in [2.75, 3.05) is 0 Å². The molecule has 0 fully saturated rings. The van der Waals surface area contributed by atoms with E-state index >= 15 is 0 Å². The minimum atomic E-state index is -0.0255. The van der Waals surface area contributed by atoms with Crippen LogP contribution in [0.15, 0.2) is 113 Å². The van der Waals surface area contributed by atoms with E-state index in [0.29, 0.717) is 0 Å². The Hall–Kier alpha value is -2.97. The Bertz CT molecular complexity index is 990. The summed E-state index contributed by atoms with van der Waals surface area (Å²) in [5.74, 6) is 0.784. The van der Waals surface area contributed by atoms with Crippen LogP contribution < -0.4 is 0 Å².